The van der Waals surface area contributed by atoms with Gasteiger partial charge in [0.2, 0.25) is 11.8 Å². The van der Waals surface area contributed by atoms with E-state index in [1.165, 1.54) is 5.56 Å². The number of amides is 2. The summed E-state index contributed by atoms with van der Waals surface area (Å²) in [6.07, 6.45) is 3.40. The predicted molar refractivity (Wildman–Crippen MR) is 89.4 cm³/mol. The quantitative estimate of drug-likeness (QED) is 0.637. The van der Waals surface area contributed by atoms with Crippen molar-refractivity contribution in [1.82, 2.24) is 10.6 Å². The maximum Gasteiger partial charge on any atom is 0.326 e. The summed E-state index contributed by atoms with van der Waals surface area (Å²) in [5.41, 5.74) is 2.23. The van der Waals surface area contributed by atoms with Gasteiger partial charge in [0, 0.05) is 6.42 Å². The summed E-state index contributed by atoms with van der Waals surface area (Å²) in [7, 11) is 0. The molecule has 3 N–H and O–H groups in total. The number of aliphatic carboxylic acids is 1. The average molecular weight is 332 g/mol. The number of carboxylic acid groups (broad SMARTS) is 1. The monoisotopic (exact) mass is 332 g/mol. The number of aryl methyl sites for hydroxylation is 2. The molecule has 6 heteroatoms. The predicted octanol–water partition coefficient (Wildman–Crippen LogP) is 1.41. The van der Waals surface area contributed by atoms with Crippen molar-refractivity contribution in [2.45, 2.75) is 45.1 Å². The molecule has 24 heavy (non-hydrogen) atoms. The van der Waals surface area contributed by atoms with Crippen LogP contribution >= 0.6 is 0 Å². The van der Waals surface area contributed by atoms with Crippen LogP contribution in [0.15, 0.2) is 24.3 Å². The van der Waals surface area contributed by atoms with Crippen molar-refractivity contribution in [2.75, 3.05) is 6.54 Å². The van der Waals surface area contributed by atoms with Gasteiger partial charge in [-0.25, -0.2) is 4.79 Å². The van der Waals surface area contributed by atoms with E-state index in [4.69, 9.17) is 5.11 Å². The number of carboxylic acids is 1. The summed E-state index contributed by atoms with van der Waals surface area (Å²) in [5, 5.41) is 14.1. The van der Waals surface area contributed by atoms with E-state index in [-0.39, 0.29) is 12.5 Å². The highest BCUT2D eigenvalue weighted by molar-refractivity contribution is 5.87. The van der Waals surface area contributed by atoms with E-state index in [0.29, 0.717) is 25.2 Å². The van der Waals surface area contributed by atoms with Gasteiger partial charge < -0.3 is 15.7 Å². The van der Waals surface area contributed by atoms with E-state index < -0.39 is 17.9 Å². The van der Waals surface area contributed by atoms with Crippen LogP contribution in [0.25, 0.3) is 0 Å². The molecule has 130 valence electrons. The third kappa shape index (κ3) is 6.40. The molecule has 1 aliphatic rings. The minimum atomic E-state index is -1.03. The van der Waals surface area contributed by atoms with Crippen molar-refractivity contribution < 1.29 is 19.5 Å². The van der Waals surface area contributed by atoms with Crippen LogP contribution in [0.5, 0.6) is 0 Å². The van der Waals surface area contributed by atoms with Gasteiger partial charge in [-0.15, -0.1) is 0 Å². The summed E-state index contributed by atoms with van der Waals surface area (Å²) < 4.78 is 0. The smallest absolute Gasteiger partial charge is 0.326 e. The van der Waals surface area contributed by atoms with Gasteiger partial charge in [0.15, 0.2) is 0 Å². The SMILES string of the molecule is Cc1ccc(CCC(=O)NCC(=O)NC(CC2CC2)C(=O)O)cc1. The Bertz CT molecular complexity index is 594. The number of carbonyl (C=O) groups excluding carboxylic acids is 2. The fourth-order valence-electron chi connectivity index (χ4n) is 2.43. The van der Waals surface area contributed by atoms with Gasteiger partial charge >= 0.3 is 5.97 Å². The van der Waals surface area contributed by atoms with Crippen molar-refractivity contribution in [3.63, 3.8) is 0 Å². The highest BCUT2D eigenvalue weighted by Crippen LogP contribution is 2.33. The Hall–Kier alpha value is -2.37. The van der Waals surface area contributed by atoms with Crippen molar-refractivity contribution in [3.8, 4) is 0 Å². The molecule has 0 heterocycles. The molecule has 1 aliphatic carbocycles. The van der Waals surface area contributed by atoms with Crippen molar-refractivity contribution in [3.05, 3.63) is 35.4 Å². The molecular weight excluding hydrogens is 308 g/mol. The maximum absolute atomic E-state index is 11.8. The zero-order valence-electron chi connectivity index (χ0n) is 13.9. The van der Waals surface area contributed by atoms with Gasteiger partial charge in [-0.1, -0.05) is 42.7 Å². The Morgan fingerprint density at radius 2 is 1.83 bits per heavy atom. The van der Waals surface area contributed by atoms with Gasteiger partial charge in [-0.2, -0.15) is 0 Å². The lowest BCUT2D eigenvalue weighted by Crippen LogP contribution is -2.45. The minimum absolute atomic E-state index is 0.193. The van der Waals surface area contributed by atoms with E-state index in [0.717, 1.165) is 18.4 Å². The van der Waals surface area contributed by atoms with Crippen molar-refractivity contribution >= 4 is 17.8 Å². The Kier molecular flexibility index (Phi) is 6.35. The van der Waals surface area contributed by atoms with Crippen LogP contribution < -0.4 is 10.6 Å². The fraction of sp³-hybridized carbons (Fsp3) is 0.500. The topological polar surface area (TPSA) is 95.5 Å². The van der Waals surface area contributed by atoms with E-state index in [9.17, 15) is 14.4 Å². The van der Waals surface area contributed by atoms with Gasteiger partial charge in [-0.3, -0.25) is 9.59 Å². The van der Waals surface area contributed by atoms with E-state index in [1.807, 2.05) is 31.2 Å². The van der Waals surface area contributed by atoms with E-state index in [2.05, 4.69) is 10.6 Å². The lowest BCUT2D eigenvalue weighted by Gasteiger charge is -2.14. The average Bonchev–Trinajstić information content (AvgIpc) is 3.35. The molecule has 1 aromatic carbocycles. The lowest BCUT2D eigenvalue weighted by atomic mass is 10.1. The Balaban J connectivity index is 1.67. The third-order valence-corrected chi connectivity index (χ3v) is 4.11. The molecule has 2 amide bonds. The lowest BCUT2D eigenvalue weighted by molar-refractivity contribution is -0.142. The molecule has 0 aliphatic heterocycles. The molecule has 1 atom stereocenters. The molecule has 1 saturated carbocycles. The van der Waals surface area contributed by atoms with Gasteiger partial charge in [0.25, 0.3) is 0 Å². The maximum atomic E-state index is 11.8. The van der Waals surface area contributed by atoms with Crippen LogP contribution in [-0.2, 0) is 20.8 Å². The first-order chi connectivity index (χ1) is 11.4. The zero-order valence-corrected chi connectivity index (χ0v) is 13.9. The molecule has 0 spiro atoms. The van der Waals surface area contributed by atoms with E-state index >= 15 is 0 Å². The molecule has 1 aromatic rings. The molecular formula is C18H24N2O4. The van der Waals surface area contributed by atoms with Crippen LogP contribution in [0.3, 0.4) is 0 Å². The largest absolute Gasteiger partial charge is 0.480 e. The van der Waals surface area contributed by atoms with E-state index in [1.54, 1.807) is 0 Å². The third-order valence-electron chi connectivity index (χ3n) is 4.11. The molecule has 0 radical (unpaired) electrons. The number of hydrogen-bond donors (Lipinski definition) is 3. The summed E-state index contributed by atoms with van der Waals surface area (Å²) >= 11 is 0. The van der Waals surface area contributed by atoms with Crippen LogP contribution in [0.2, 0.25) is 0 Å². The molecule has 2 rings (SSSR count). The molecule has 0 aromatic heterocycles. The highest BCUT2D eigenvalue weighted by Gasteiger charge is 2.30. The summed E-state index contributed by atoms with van der Waals surface area (Å²) in [4.78, 5) is 34.7. The Morgan fingerprint density at radius 3 is 2.42 bits per heavy atom. The van der Waals surface area contributed by atoms with Crippen molar-refractivity contribution in [1.29, 1.82) is 0 Å². The Morgan fingerprint density at radius 1 is 1.17 bits per heavy atom. The summed E-state index contributed by atoms with van der Waals surface area (Å²) in [6, 6.07) is 7.07. The minimum Gasteiger partial charge on any atom is -0.480 e. The molecule has 6 nitrogen and oxygen atoms in total. The van der Waals surface area contributed by atoms with Crippen molar-refractivity contribution in [2.24, 2.45) is 5.92 Å². The second-order valence-corrected chi connectivity index (χ2v) is 6.40. The van der Waals surface area contributed by atoms with Gasteiger partial charge in [0.05, 0.1) is 6.54 Å². The number of rotatable bonds is 9. The first kappa shape index (κ1) is 18.0. The van der Waals surface area contributed by atoms with Crippen LogP contribution in [0.1, 0.15) is 36.8 Å². The molecule has 0 saturated heterocycles. The first-order valence-corrected chi connectivity index (χ1v) is 8.28. The molecule has 0 bridgehead atoms. The number of benzene rings is 1. The zero-order chi connectivity index (χ0) is 17.5. The van der Waals surface area contributed by atoms with Crippen LogP contribution in [0, 0.1) is 12.8 Å². The number of nitrogens with one attached hydrogen (secondary N) is 2. The fourth-order valence-corrected chi connectivity index (χ4v) is 2.43. The first-order valence-electron chi connectivity index (χ1n) is 8.28. The second kappa shape index (κ2) is 8.47. The molecule has 1 unspecified atom stereocenters. The van der Waals surface area contributed by atoms with Gasteiger partial charge in [0.1, 0.15) is 6.04 Å². The summed E-state index contributed by atoms with van der Waals surface area (Å²) in [5.74, 6) is -1.32. The number of carbonyl (C=O) groups is 3. The highest BCUT2D eigenvalue weighted by atomic mass is 16.4. The van der Waals surface area contributed by atoms with Crippen LogP contribution in [-0.4, -0.2) is 35.5 Å². The van der Waals surface area contributed by atoms with Crippen LogP contribution in [0.4, 0.5) is 0 Å². The second-order valence-electron chi connectivity index (χ2n) is 6.40. The Labute approximate surface area is 141 Å². The standard InChI is InChI=1S/C18H24N2O4/c1-12-2-4-13(5-3-12)8-9-16(21)19-11-17(22)20-15(18(23)24)10-14-6-7-14/h2-5,14-15H,6-11H2,1H3,(H,19,21)(H,20,22)(H,23,24). The molecule has 1 fully saturated rings. The summed E-state index contributed by atoms with van der Waals surface area (Å²) in [6.45, 7) is 1.81. The number of hydrogen-bond acceptors (Lipinski definition) is 3. The van der Waals surface area contributed by atoms with Gasteiger partial charge in [-0.05, 0) is 31.2 Å². The normalized spacial score (nSPS) is 14.7.